The second kappa shape index (κ2) is 15.4. The number of pyridine rings is 1. The Morgan fingerprint density at radius 2 is 1.42 bits per heavy atom. The second-order valence-electron chi connectivity index (χ2n) is 14.8. The maximum Gasteiger partial charge on any atom is 0.135 e. The summed E-state index contributed by atoms with van der Waals surface area (Å²) in [5.41, 5.74) is 5.05. The van der Waals surface area contributed by atoms with Gasteiger partial charge in [-0.1, -0.05) is 129 Å². The van der Waals surface area contributed by atoms with Gasteiger partial charge in [-0.15, -0.1) is 48.1 Å². The van der Waals surface area contributed by atoms with Gasteiger partial charge in [-0.2, -0.15) is 12.1 Å². The van der Waals surface area contributed by atoms with Gasteiger partial charge in [0.15, 0.2) is 0 Å². The molecule has 0 saturated heterocycles. The Morgan fingerprint density at radius 1 is 0.678 bits per heavy atom. The van der Waals surface area contributed by atoms with Crippen LogP contribution in [0.1, 0.15) is 51.1 Å². The molecule has 0 atom stereocenters. The van der Waals surface area contributed by atoms with E-state index in [0.717, 1.165) is 16.7 Å². The zero-order chi connectivity index (χ0) is 51.5. The Kier molecular flexibility index (Phi) is 6.56. The molecular formula is C53H41N4OPt-3. The molecule has 1 aliphatic heterocycles. The molecule has 9 aromatic rings. The Balaban J connectivity index is 0.00000656. The van der Waals surface area contributed by atoms with Crippen molar-refractivity contribution in [3.8, 4) is 39.6 Å². The third-order valence-corrected chi connectivity index (χ3v) is 10.1. The topological polar surface area (TPSA) is 33.5 Å². The van der Waals surface area contributed by atoms with Crippen LogP contribution in [0.2, 0.25) is 0 Å². The monoisotopic (exact) mass is 958 g/mol. The fraction of sp³-hybridized carbons (Fsp3) is 0.0943. The molecule has 5 nitrogen and oxygen atoms in total. The Hall–Kier alpha value is -6.42. The minimum Gasteiger partial charge on any atom is -0.509 e. The van der Waals surface area contributed by atoms with E-state index < -0.39 is 61.2 Å². The van der Waals surface area contributed by atoms with Gasteiger partial charge >= 0.3 is 0 Å². The molecule has 1 aliphatic rings. The van der Waals surface area contributed by atoms with Crippen LogP contribution in [0.5, 0.6) is 11.5 Å². The van der Waals surface area contributed by atoms with Crippen LogP contribution in [0.4, 0.5) is 22.7 Å². The van der Waals surface area contributed by atoms with Crippen LogP contribution >= 0.6 is 0 Å². The summed E-state index contributed by atoms with van der Waals surface area (Å²) in [6, 6.07) is 30.1. The van der Waals surface area contributed by atoms with Gasteiger partial charge in [-0.3, -0.25) is 0 Å². The first kappa shape index (κ1) is 25.1. The molecule has 7 aromatic carbocycles. The van der Waals surface area contributed by atoms with Crippen molar-refractivity contribution in [3.63, 3.8) is 0 Å². The molecule has 0 N–H and O–H groups in total. The average molecular weight is 959 g/mol. The number of hydrogen-bond donors (Lipinski definition) is 0. The van der Waals surface area contributed by atoms with Gasteiger partial charge in [0.2, 0.25) is 0 Å². The zero-order valence-corrected chi connectivity index (χ0v) is 34.2. The van der Waals surface area contributed by atoms with Gasteiger partial charge in [-0.25, -0.2) is 4.98 Å². The normalized spacial score (nSPS) is 16.1. The van der Waals surface area contributed by atoms with Crippen molar-refractivity contribution in [1.29, 1.82) is 0 Å². The smallest absolute Gasteiger partial charge is 0.135 e. The molecule has 0 amide bonds. The molecule has 292 valence electrons. The van der Waals surface area contributed by atoms with E-state index in [2.05, 4.69) is 50.0 Å². The predicted molar refractivity (Wildman–Crippen MR) is 239 cm³/mol. The van der Waals surface area contributed by atoms with E-state index in [1.807, 2.05) is 65.0 Å². The van der Waals surface area contributed by atoms with Crippen molar-refractivity contribution in [3.05, 3.63) is 200 Å². The van der Waals surface area contributed by atoms with E-state index in [1.54, 1.807) is 24.3 Å². The number of aromatic nitrogens is 2. The number of para-hydroxylation sites is 4. The van der Waals surface area contributed by atoms with Crippen molar-refractivity contribution in [2.45, 2.75) is 33.0 Å². The van der Waals surface area contributed by atoms with E-state index in [9.17, 15) is 1.37 Å². The van der Waals surface area contributed by atoms with Crippen molar-refractivity contribution < 1.29 is 45.0 Å². The summed E-state index contributed by atoms with van der Waals surface area (Å²) in [5, 5.41) is -0.108. The van der Waals surface area contributed by atoms with Gasteiger partial charge in [0.05, 0.1) is 12.3 Å². The number of aryl methyl sites for hydroxylation is 1. The second-order valence-corrected chi connectivity index (χ2v) is 14.8. The predicted octanol–water partition coefficient (Wildman–Crippen LogP) is 13.9. The Labute approximate surface area is 380 Å². The quantitative estimate of drug-likeness (QED) is 0.149. The summed E-state index contributed by atoms with van der Waals surface area (Å²) < 4.78 is 129. The van der Waals surface area contributed by atoms with Crippen LogP contribution in [-0.2, 0) is 26.5 Å². The standard InChI is InChI=1S/C53H41N4O.Pt/c1-36-29-30-54-51(31-36)57-47-24-9-8-21-45(47)46-28-27-42(34-50(46)57)58-41-20-13-19-40(33-41)55-35-56(49-26-11-10-25-48(49)55)52-43(37-15-6-5-7-16-37)22-14-23-44(52)38-17-12-18-39(32-38)53(2,3)4;/h5-32,35H,1-4H3;/q-3;/i1D3,5D,6D,7D,8D,9D,15D,16D,21D,24D,27D,28D;. The van der Waals surface area contributed by atoms with Gasteiger partial charge < -0.3 is 19.1 Å². The summed E-state index contributed by atoms with van der Waals surface area (Å²) in [6.45, 7) is 5.62. The fourth-order valence-corrected chi connectivity index (χ4v) is 7.32. The zero-order valence-electron chi connectivity index (χ0n) is 45.9. The summed E-state index contributed by atoms with van der Waals surface area (Å²) in [5.74, 6) is -0.184. The van der Waals surface area contributed by atoms with E-state index in [1.165, 1.54) is 22.9 Å². The minimum absolute atomic E-state index is 0. The first-order valence-corrected chi connectivity index (χ1v) is 18.6. The number of rotatable bonds is 7. The van der Waals surface area contributed by atoms with E-state index >= 15 is 0 Å². The van der Waals surface area contributed by atoms with E-state index in [4.69, 9.17) is 22.6 Å². The molecule has 0 saturated carbocycles. The largest absolute Gasteiger partial charge is 0.509 e. The molecule has 6 heteroatoms. The summed E-state index contributed by atoms with van der Waals surface area (Å²) in [6.07, 6.45) is 1.27. The molecule has 0 spiro atoms. The van der Waals surface area contributed by atoms with Crippen LogP contribution in [0.3, 0.4) is 0 Å². The van der Waals surface area contributed by atoms with Gasteiger partial charge in [0.25, 0.3) is 0 Å². The van der Waals surface area contributed by atoms with Crippen LogP contribution < -0.4 is 14.5 Å². The molecule has 0 bridgehead atoms. The number of anilines is 4. The number of ether oxygens (including phenoxy) is 1. The van der Waals surface area contributed by atoms with Gasteiger partial charge in [-0.05, 0) is 71.6 Å². The molecule has 0 radical (unpaired) electrons. The summed E-state index contributed by atoms with van der Waals surface area (Å²) in [7, 11) is 0. The maximum atomic E-state index is 9.26. The first-order valence-electron chi connectivity index (χ1n) is 25.6. The van der Waals surface area contributed by atoms with E-state index in [-0.39, 0.29) is 88.8 Å². The maximum absolute atomic E-state index is 9.26. The van der Waals surface area contributed by atoms with Gasteiger partial charge in [0, 0.05) is 77.9 Å². The van der Waals surface area contributed by atoms with Gasteiger partial charge in [0.1, 0.15) is 5.82 Å². The molecule has 10 rings (SSSR count). The molecule has 2 aromatic heterocycles. The van der Waals surface area contributed by atoms with Crippen molar-refractivity contribution in [2.75, 3.05) is 9.80 Å². The number of hydrogen-bond acceptors (Lipinski definition) is 4. The Morgan fingerprint density at radius 3 is 2.24 bits per heavy atom. The van der Waals surface area contributed by atoms with Crippen molar-refractivity contribution in [1.82, 2.24) is 9.55 Å². The molecule has 59 heavy (non-hydrogen) atoms. The number of benzene rings is 7. The van der Waals surface area contributed by atoms with E-state index in [0.29, 0.717) is 28.3 Å². The third-order valence-electron chi connectivity index (χ3n) is 10.1. The number of fused-ring (bicyclic) bond motifs is 4. The van der Waals surface area contributed by atoms with Crippen LogP contribution in [-0.4, -0.2) is 9.55 Å². The first-order chi connectivity index (χ1) is 34.1. The van der Waals surface area contributed by atoms with Crippen molar-refractivity contribution in [2.24, 2.45) is 0 Å². The van der Waals surface area contributed by atoms with Crippen molar-refractivity contribution >= 4 is 44.6 Å². The third kappa shape index (κ3) is 7.00. The Bertz CT molecular complexity index is 3710. The SMILES string of the molecule is [2H]c1c([2H])c([2H])c(-c2cccc(-c3cccc(C(C)(C)C)c3)c2N2[CH-]N(c3[c-]c(Oc4[c-]c5c(c([2H])c4[2H])c4c([2H])c([2H])c([2H])c([2H])c4n5-c4cc(C([2H])([2H])[2H])ccn4)ccc3)c3ccccc32)c([2H])c1[2H].[Pt]. The number of nitrogens with zero attached hydrogens (tertiary/aromatic N) is 4. The molecule has 0 unspecified atom stereocenters. The van der Waals surface area contributed by atoms with Crippen LogP contribution in [0.25, 0.3) is 49.9 Å². The fourth-order valence-electron chi connectivity index (χ4n) is 7.32. The molecular weight excluding hydrogens is 904 g/mol. The molecule has 0 aliphatic carbocycles. The van der Waals surface area contributed by atoms with Crippen LogP contribution in [0, 0.1) is 25.7 Å². The summed E-state index contributed by atoms with van der Waals surface area (Å²) >= 11 is 0. The van der Waals surface area contributed by atoms with Crippen LogP contribution in [0.15, 0.2) is 170 Å². The molecule has 0 fully saturated rings. The summed E-state index contributed by atoms with van der Waals surface area (Å²) in [4.78, 5) is 8.16. The molecule has 3 heterocycles. The average Bonchev–Trinajstić information content (AvgIpc) is 3.92. The minimum atomic E-state index is -2.55.